The third-order valence-corrected chi connectivity index (χ3v) is 5.83. The van der Waals surface area contributed by atoms with E-state index in [0.717, 1.165) is 0 Å². The molecule has 0 saturated carbocycles. The molecule has 1 fully saturated rings. The average molecular weight is 334 g/mol. The van der Waals surface area contributed by atoms with Crippen LogP contribution in [0.3, 0.4) is 0 Å². The molecule has 1 aliphatic heterocycles. The Balaban J connectivity index is 2.38. The molecule has 2 rings (SSSR count). The number of hydrogen-bond donors (Lipinski definition) is 1. The highest BCUT2D eigenvalue weighted by Crippen LogP contribution is 2.29. The first-order valence-electron chi connectivity index (χ1n) is 5.31. The molecule has 7 heteroatoms. The maximum Gasteiger partial charge on any atom is 0.186 e. The summed E-state index contributed by atoms with van der Waals surface area (Å²) in [6, 6.07) is 4.40. The molecule has 0 bridgehead atoms. The molecule has 0 radical (unpaired) electrons. The van der Waals surface area contributed by atoms with Crippen molar-refractivity contribution in [1.29, 1.82) is 0 Å². The highest BCUT2D eigenvalue weighted by Gasteiger charge is 2.35. The molecule has 1 saturated heterocycles. The number of ketones is 1. The minimum atomic E-state index is -3.40. The van der Waals surface area contributed by atoms with Crippen LogP contribution in [0.2, 0.25) is 0 Å². The van der Waals surface area contributed by atoms with Gasteiger partial charge in [-0.15, -0.1) is 0 Å². The Morgan fingerprint density at radius 2 is 2.11 bits per heavy atom. The molecule has 98 valence electrons. The molecule has 2 N–H and O–H groups in total. The van der Waals surface area contributed by atoms with Gasteiger partial charge in [0.2, 0.25) is 0 Å². The largest absolute Gasteiger partial charge is 0.379 e. The molecule has 0 unspecified atom stereocenters. The Morgan fingerprint density at radius 1 is 1.44 bits per heavy atom. The minimum absolute atomic E-state index is 0.102. The number of hydrogen-bond acceptors (Lipinski definition) is 5. The number of carbonyl (C=O) groups is 1. The molecule has 0 aliphatic carbocycles. The van der Waals surface area contributed by atoms with Crippen molar-refractivity contribution in [2.24, 2.45) is 5.73 Å². The SMILES string of the molecule is NCC(=O)c1ccc(S(=O)(=O)C2COC2)c(Br)c1. The van der Waals surface area contributed by atoms with E-state index in [1.54, 1.807) is 0 Å². The number of ether oxygens (including phenoxy) is 1. The topological polar surface area (TPSA) is 86.5 Å². The van der Waals surface area contributed by atoms with E-state index in [-0.39, 0.29) is 30.4 Å². The summed E-state index contributed by atoms with van der Waals surface area (Å²) in [6.45, 7) is 0.339. The van der Waals surface area contributed by atoms with Crippen molar-refractivity contribution in [1.82, 2.24) is 0 Å². The highest BCUT2D eigenvalue weighted by atomic mass is 79.9. The maximum absolute atomic E-state index is 12.2. The van der Waals surface area contributed by atoms with Gasteiger partial charge in [-0.25, -0.2) is 8.42 Å². The van der Waals surface area contributed by atoms with Gasteiger partial charge in [0.15, 0.2) is 15.6 Å². The normalized spacial score (nSPS) is 16.3. The zero-order chi connectivity index (χ0) is 13.3. The fourth-order valence-corrected chi connectivity index (χ4v) is 4.15. The lowest BCUT2D eigenvalue weighted by molar-refractivity contribution is 0.0416. The lowest BCUT2D eigenvalue weighted by Crippen LogP contribution is -2.40. The summed E-state index contributed by atoms with van der Waals surface area (Å²) in [5, 5.41) is -0.495. The standard InChI is InChI=1S/C11H12BrNO4S/c12-9-3-7(10(14)4-13)1-2-11(9)18(15,16)8-5-17-6-8/h1-3,8H,4-6,13H2. The van der Waals surface area contributed by atoms with Crippen molar-refractivity contribution in [3.8, 4) is 0 Å². The van der Waals surface area contributed by atoms with Crippen molar-refractivity contribution in [2.75, 3.05) is 19.8 Å². The second-order valence-corrected chi connectivity index (χ2v) is 7.03. The van der Waals surface area contributed by atoms with Gasteiger partial charge in [-0.2, -0.15) is 0 Å². The number of rotatable bonds is 4. The van der Waals surface area contributed by atoms with Crippen LogP contribution in [0, 0.1) is 0 Å². The summed E-state index contributed by atoms with van der Waals surface area (Å²) in [5.74, 6) is -0.230. The fraction of sp³-hybridized carbons (Fsp3) is 0.364. The summed E-state index contributed by atoms with van der Waals surface area (Å²) < 4.78 is 29.6. The zero-order valence-electron chi connectivity index (χ0n) is 9.43. The molecule has 1 aromatic carbocycles. The summed E-state index contributed by atoms with van der Waals surface area (Å²) in [4.78, 5) is 11.6. The van der Waals surface area contributed by atoms with E-state index in [1.807, 2.05) is 0 Å². The first-order chi connectivity index (χ1) is 8.46. The van der Waals surface area contributed by atoms with Crippen LogP contribution in [-0.2, 0) is 14.6 Å². The molecule has 5 nitrogen and oxygen atoms in total. The van der Waals surface area contributed by atoms with Crippen molar-refractivity contribution < 1.29 is 17.9 Å². The molecular weight excluding hydrogens is 322 g/mol. The van der Waals surface area contributed by atoms with Gasteiger partial charge in [-0.1, -0.05) is 0 Å². The van der Waals surface area contributed by atoms with Gasteiger partial charge in [0.25, 0.3) is 0 Å². The van der Waals surface area contributed by atoms with Gasteiger partial charge >= 0.3 is 0 Å². The monoisotopic (exact) mass is 333 g/mol. The van der Waals surface area contributed by atoms with Crippen LogP contribution < -0.4 is 5.73 Å². The van der Waals surface area contributed by atoms with E-state index < -0.39 is 15.1 Å². The fourth-order valence-electron chi connectivity index (χ4n) is 1.60. The predicted molar refractivity (Wildman–Crippen MR) is 69.3 cm³/mol. The number of benzene rings is 1. The van der Waals surface area contributed by atoms with Gasteiger partial charge in [0, 0.05) is 10.0 Å². The Morgan fingerprint density at radius 3 is 2.56 bits per heavy atom. The van der Waals surface area contributed by atoms with E-state index in [9.17, 15) is 13.2 Å². The molecular formula is C11H12BrNO4S. The smallest absolute Gasteiger partial charge is 0.186 e. The molecule has 1 aromatic rings. The van der Waals surface area contributed by atoms with Crippen LogP contribution in [0.25, 0.3) is 0 Å². The average Bonchev–Trinajstić information content (AvgIpc) is 2.24. The third-order valence-electron chi connectivity index (χ3n) is 2.79. The number of carbonyl (C=O) groups excluding carboxylic acids is 1. The second-order valence-electron chi connectivity index (χ2n) is 3.98. The molecule has 1 heterocycles. The van der Waals surface area contributed by atoms with Gasteiger partial charge in [0.05, 0.1) is 24.7 Å². The Labute approximate surface area is 113 Å². The molecule has 0 amide bonds. The van der Waals surface area contributed by atoms with Crippen LogP contribution in [-0.4, -0.2) is 39.2 Å². The predicted octanol–water partition coefficient (Wildman–Crippen LogP) is 0.763. The van der Waals surface area contributed by atoms with Crippen LogP contribution in [0.1, 0.15) is 10.4 Å². The van der Waals surface area contributed by atoms with E-state index in [4.69, 9.17) is 10.5 Å². The van der Waals surface area contributed by atoms with E-state index in [0.29, 0.717) is 10.0 Å². The van der Waals surface area contributed by atoms with Crippen LogP contribution >= 0.6 is 15.9 Å². The Kier molecular flexibility index (Phi) is 3.86. The number of halogens is 1. The lowest BCUT2D eigenvalue weighted by Gasteiger charge is -2.26. The quantitative estimate of drug-likeness (QED) is 0.822. The van der Waals surface area contributed by atoms with Crippen molar-refractivity contribution in [2.45, 2.75) is 10.1 Å². The van der Waals surface area contributed by atoms with Gasteiger partial charge in [-0.05, 0) is 34.1 Å². The van der Waals surface area contributed by atoms with Crippen molar-refractivity contribution >= 4 is 31.6 Å². The van der Waals surface area contributed by atoms with Crippen LogP contribution in [0.4, 0.5) is 0 Å². The molecule has 0 atom stereocenters. The highest BCUT2D eigenvalue weighted by molar-refractivity contribution is 9.10. The maximum atomic E-state index is 12.2. The third kappa shape index (κ3) is 2.35. The van der Waals surface area contributed by atoms with Gasteiger partial charge in [0.1, 0.15) is 5.25 Å². The lowest BCUT2D eigenvalue weighted by atomic mass is 10.1. The summed E-state index contributed by atoms with van der Waals surface area (Å²) in [7, 11) is -3.40. The molecule has 0 aromatic heterocycles. The van der Waals surface area contributed by atoms with E-state index in [1.165, 1.54) is 18.2 Å². The van der Waals surface area contributed by atoms with Crippen LogP contribution in [0.5, 0.6) is 0 Å². The number of sulfone groups is 1. The molecule has 18 heavy (non-hydrogen) atoms. The van der Waals surface area contributed by atoms with Gasteiger partial charge in [-0.3, -0.25) is 4.79 Å². The number of Topliss-reactive ketones (excluding diaryl/α,β-unsaturated/α-hetero) is 1. The first-order valence-corrected chi connectivity index (χ1v) is 7.65. The summed E-state index contributed by atoms with van der Waals surface area (Å²) in [5.41, 5.74) is 5.65. The van der Waals surface area contributed by atoms with Crippen LogP contribution in [0.15, 0.2) is 27.6 Å². The Hall–Kier alpha value is -0.760. The molecule has 0 spiro atoms. The Bertz CT molecular complexity index is 581. The molecule has 1 aliphatic rings. The summed E-state index contributed by atoms with van der Waals surface area (Å²) >= 11 is 3.19. The summed E-state index contributed by atoms with van der Waals surface area (Å²) in [6.07, 6.45) is 0. The zero-order valence-corrected chi connectivity index (χ0v) is 11.8. The second kappa shape index (κ2) is 5.08. The van der Waals surface area contributed by atoms with Gasteiger partial charge < -0.3 is 10.5 Å². The van der Waals surface area contributed by atoms with E-state index >= 15 is 0 Å². The van der Waals surface area contributed by atoms with Crippen molar-refractivity contribution in [3.05, 3.63) is 28.2 Å². The van der Waals surface area contributed by atoms with Crippen molar-refractivity contribution in [3.63, 3.8) is 0 Å². The first kappa shape index (κ1) is 13.7. The van der Waals surface area contributed by atoms with E-state index in [2.05, 4.69) is 15.9 Å². The number of nitrogens with two attached hydrogens (primary N) is 1. The minimum Gasteiger partial charge on any atom is -0.379 e.